The van der Waals surface area contributed by atoms with Gasteiger partial charge in [0.2, 0.25) is 0 Å². The molecule has 0 N–H and O–H groups in total. The summed E-state index contributed by atoms with van der Waals surface area (Å²) in [5.74, 6) is 0. The summed E-state index contributed by atoms with van der Waals surface area (Å²) in [7, 11) is 0. The molecule has 0 aromatic carbocycles. The van der Waals surface area contributed by atoms with Gasteiger partial charge < -0.3 is 0 Å². The number of hydrogen-bond acceptors (Lipinski definition) is 0. The van der Waals surface area contributed by atoms with Crippen molar-refractivity contribution in [2.45, 2.75) is 26.2 Å². The minimum atomic E-state index is 1.28. The van der Waals surface area contributed by atoms with E-state index in [0.29, 0.717) is 0 Å². The first-order valence-electron chi connectivity index (χ1n) is 2.71. The molecule has 0 aliphatic rings. The summed E-state index contributed by atoms with van der Waals surface area (Å²) in [5, 5.41) is 0. The molecule has 0 spiro atoms. The van der Waals surface area contributed by atoms with Gasteiger partial charge in [0, 0.05) is 0 Å². The van der Waals surface area contributed by atoms with Crippen LogP contribution in [-0.2, 0) is 0 Å². The van der Waals surface area contributed by atoms with Crippen molar-refractivity contribution >= 4 is 24.7 Å². The molecule has 0 rings (SSSR count). The maximum absolute atomic E-state index is 2.26. The Hall–Kier alpha value is 0.623. The summed E-state index contributed by atoms with van der Waals surface area (Å²) in [5.41, 5.74) is 0. The molecule has 38 valence electrons. The number of hydrogen-bond donors (Lipinski definition) is 0. The van der Waals surface area contributed by atoms with E-state index in [1.807, 2.05) is 0 Å². The average molecular weight is 292 g/mol. The molecule has 0 heterocycles. The molecule has 0 aromatic rings. The van der Waals surface area contributed by atoms with Crippen molar-refractivity contribution in [3.8, 4) is 0 Å². The topological polar surface area (TPSA) is 0 Å². The summed E-state index contributed by atoms with van der Waals surface area (Å²) in [4.78, 5) is 0. The molecule has 0 fully saturated rings. The Morgan fingerprint density at radius 1 is 1.57 bits per heavy atom. The molecule has 2 radical (unpaired) electrons. The number of rotatable bonds is 3. The first-order chi connectivity index (χ1) is 3.41. The third-order valence-electron chi connectivity index (χ3n) is 0.830. The molecular weight excluding hydrogens is 281 g/mol. The van der Waals surface area contributed by atoms with E-state index < -0.39 is 0 Å². The molecule has 0 unspecified atom stereocenters. The van der Waals surface area contributed by atoms with Gasteiger partial charge in [0.25, 0.3) is 0 Å². The van der Waals surface area contributed by atoms with Gasteiger partial charge >= 0.3 is 60.8 Å². The van der Waals surface area contributed by atoms with E-state index in [1.54, 1.807) is 0 Å². The fourth-order valence-corrected chi connectivity index (χ4v) is 0.976. The molecule has 7 heavy (non-hydrogen) atoms. The standard InChI is InChI=1S/C6H11.Bi/c1-3-5-6-4-2;/h1,3H,4-6H2,2H3;/q;+2. The van der Waals surface area contributed by atoms with Crippen LogP contribution < -0.4 is 0 Å². The second kappa shape index (κ2) is 6.62. The Morgan fingerprint density at radius 3 is 2.71 bits per heavy atom. The fraction of sp³-hybridized carbons (Fsp3) is 0.667. The number of unbranched alkanes of at least 4 members (excludes halogenated alkanes) is 2. The molecule has 0 aliphatic carbocycles. The third kappa shape index (κ3) is 6.62. The maximum atomic E-state index is 2.26. The predicted octanol–water partition coefficient (Wildman–Crippen LogP) is 1.86. The molecule has 0 atom stereocenters. The second-order valence-electron chi connectivity index (χ2n) is 1.53. The van der Waals surface area contributed by atoms with Crippen molar-refractivity contribution in [3.63, 3.8) is 0 Å². The Labute approximate surface area is 60.8 Å². The van der Waals surface area contributed by atoms with Crippen LogP contribution >= 0.6 is 0 Å². The summed E-state index contributed by atoms with van der Waals surface area (Å²) >= 11 is 1.39. The van der Waals surface area contributed by atoms with Gasteiger partial charge in [-0.2, -0.15) is 0 Å². The Morgan fingerprint density at radius 2 is 2.29 bits per heavy atom. The van der Waals surface area contributed by atoms with Gasteiger partial charge in [-0.25, -0.2) is 0 Å². The molecule has 0 bridgehead atoms. The monoisotopic (exact) mass is 292 g/mol. The van der Waals surface area contributed by atoms with Crippen LogP contribution in [-0.4, -0.2) is 24.7 Å². The van der Waals surface area contributed by atoms with E-state index >= 15 is 0 Å². The van der Waals surface area contributed by atoms with Gasteiger partial charge in [-0.3, -0.25) is 0 Å². The van der Waals surface area contributed by atoms with Crippen molar-refractivity contribution < 1.29 is 0 Å². The van der Waals surface area contributed by atoms with Crippen LogP contribution in [0.4, 0.5) is 0 Å². The predicted molar refractivity (Wildman–Crippen MR) is 34.4 cm³/mol. The third-order valence-corrected chi connectivity index (χ3v) is 1.65. The van der Waals surface area contributed by atoms with E-state index in [0.717, 1.165) is 0 Å². The quantitative estimate of drug-likeness (QED) is 0.550. The SMILES string of the molecule is CCCCC=[CH][Bi+2]. The molecule has 0 aromatic heterocycles. The summed E-state index contributed by atoms with van der Waals surface area (Å²) < 4.78 is 2.22. The van der Waals surface area contributed by atoms with Crippen LogP contribution in [0.3, 0.4) is 0 Å². The van der Waals surface area contributed by atoms with Crippen molar-refractivity contribution in [2.24, 2.45) is 0 Å². The zero-order valence-corrected chi connectivity index (χ0v) is 8.20. The van der Waals surface area contributed by atoms with Gasteiger partial charge in [0.05, 0.1) is 0 Å². The second-order valence-corrected chi connectivity index (χ2v) is 2.69. The van der Waals surface area contributed by atoms with Gasteiger partial charge in [-0.15, -0.1) is 0 Å². The zero-order chi connectivity index (χ0) is 5.54. The molecule has 0 aliphatic heterocycles. The van der Waals surface area contributed by atoms with E-state index in [1.165, 1.54) is 44.0 Å². The van der Waals surface area contributed by atoms with Crippen LogP contribution in [0.25, 0.3) is 0 Å². The van der Waals surface area contributed by atoms with Gasteiger partial charge in [-0.05, 0) is 0 Å². The van der Waals surface area contributed by atoms with Crippen molar-refractivity contribution in [2.75, 3.05) is 0 Å². The first kappa shape index (κ1) is 7.62. The average Bonchev–Trinajstić information content (AvgIpc) is 1.69. The molecule has 0 saturated heterocycles. The fourth-order valence-electron chi connectivity index (χ4n) is 0.397. The zero-order valence-electron chi connectivity index (χ0n) is 4.72. The summed E-state index contributed by atoms with van der Waals surface area (Å²) in [6, 6.07) is 0. The van der Waals surface area contributed by atoms with E-state index in [9.17, 15) is 0 Å². The van der Waals surface area contributed by atoms with Gasteiger partial charge in [0.1, 0.15) is 0 Å². The minimum absolute atomic E-state index is 1.28. The van der Waals surface area contributed by atoms with Crippen molar-refractivity contribution in [3.05, 3.63) is 9.86 Å². The molecular formula is C6H11Bi+2. The summed E-state index contributed by atoms with van der Waals surface area (Å²) in [6.07, 6.45) is 6.22. The van der Waals surface area contributed by atoms with Gasteiger partial charge in [0.15, 0.2) is 0 Å². The van der Waals surface area contributed by atoms with Crippen molar-refractivity contribution in [1.29, 1.82) is 0 Å². The van der Waals surface area contributed by atoms with Crippen LogP contribution in [0.15, 0.2) is 9.86 Å². The van der Waals surface area contributed by atoms with Crippen LogP contribution in [0.5, 0.6) is 0 Å². The Kier molecular flexibility index (Phi) is 7.21. The van der Waals surface area contributed by atoms with E-state index in [2.05, 4.69) is 16.8 Å². The molecule has 0 amide bonds. The molecule has 0 saturated carbocycles. The molecule has 1 heteroatoms. The van der Waals surface area contributed by atoms with E-state index in [4.69, 9.17) is 0 Å². The van der Waals surface area contributed by atoms with Crippen molar-refractivity contribution in [1.82, 2.24) is 0 Å². The molecule has 0 nitrogen and oxygen atoms in total. The van der Waals surface area contributed by atoms with Crippen LogP contribution in [0.1, 0.15) is 26.2 Å². The summed E-state index contributed by atoms with van der Waals surface area (Å²) in [6.45, 7) is 2.22. The van der Waals surface area contributed by atoms with Gasteiger partial charge in [-0.1, -0.05) is 0 Å². The van der Waals surface area contributed by atoms with Crippen LogP contribution in [0.2, 0.25) is 0 Å². The van der Waals surface area contributed by atoms with Crippen LogP contribution in [0, 0.1) is 0 Å². The Bertz CT molecular complexity index is 48.1. The number of allylic oxidation sites excluding steroid dienone is 1. The normalized spacial score (nSPS) is 10.4. The Balaban J connectivity index is 2.69. The van der Waals surface area contributed by atoms with E-state index in [-0.39, 0.29) is 0 Å². The first-order valence-corrected chi connectivity index (χ1v) is 4.71.